The molecule has 1 aromatic carbocycles. The number of hydrogen-bond donors (Lipinski definition) is 2. The summed E-state index contributed by atoms with van der Waals surface area (Å²) in [6, 6.07) is 9.02. The molecule has 0 radical (unpaired) electrons. The lowest BCUT2D eigenvalue weighted by Crippen LogP contribution is -2.48. The zero-order valence-corrected chi connectivity index (χ0v) is 23.5. The monoisotopic (exact) mass is 474 g/mol. The van der Waals surface area contributed by atoms with Crippen LogP contribution in [-0.2, 0) is 4.79 Å². The van der Waals surface area contributed by atoms with Gasteiger partial charge in [0.15, 0.2) is 0 Å². The molecular formula is C30H54N2O2. The second kappa shape index (κ2) is 18.6. The van der Waals surface area contributed by atoms with Crippen molar-refractivity contribution < 1.29 is 9.90 Å². The Labute approximate surface area is 211 Å². The van der Waals surface area contributed by atoms with Crippen LogP contribution < -0.4 is 5.32 Å². The molecule has 0 bridgehead atoms. The van der Waals surface area contributed by atoms with E-state index in [2.05, 4.69) is 23.7 Å². The first kappa shape index (κ1) is 32.4. The minimum absolute atomic E-state index is 0.00361. The fourth-order valence-electron chi connectivity index (χ4n) is 4.47. The Morgan fingerprint density at radius 1 is 0.971 bits per heavy atom. The summed E-state index contributed by atoms with van der Waals surface area (Å²) in [6.07, 6.45) is 7.89. The van der Waals surface area contributed by atoms with Crippen LogP contribution >= 0.6 is 0 Å². The van der Waals surface area contributed by atoms with Gasteiger partial charge in [0.25, 0.3) is 0 Å². The van der Waals surface area contributed by atoms with Crippen LogP contribution in [0, 0.1) is 12.8 Å². The molecule has 3 fully saturated rings. The number of carbonyl (C=O) groups is 1. The lowest BCUT2D eigenvalue weighted by molar-refractivity contribution is -0.122. The number of hydrogen-bond acceptors (Lipinski definition) is 3. The van der Waals surface area contributed by atoms with Gasteiger partial charge < -0.3 is 15.3 Å². The topological polar surface area (TPSA) is 52.6 Å². The number of benzene rings is 1. The molecule has 34 heavy (non-hydrogen) atoms. The van der Waals surface area contributed by atoms with Crippen molar-refractivity contribution in [3.8, 4) is 0 Å². The molecule has 1 aliphatic carbocycles. The third-order valence-electron chi connectivity index (χ3n) is 6.63. The van der Waals surface area contributed by atoms with Gasteiger partial charge in [0.1, 0.15) is 0 Å². The van der Waals surface area contributed by atoms with Crippen LogP contribution in [0.15, 0.2) is 36.5 Å². The third-order valence-corrected chi connectivity index (χ3v) is 6.63. The summed E-state index contributed by atoms with van der Waals surface area (Å²) < 4.78 is 0. The molecule has 1 aromatic rings. The van der Waals surface area contributed by atoms with Crippen molar-refractivity contribution >= 4 is 5.91 Å². The van der Waals surface area contributed by atoms with Gasteiger partial charge in [0.05, 0.1) is 12.0 Å². The number of aryl methyl sites for hydroxylation is 1. The molecule has 1 unspecified atom stereocenters. The minimum atomic E-state index is -0.0155. The molecule has 2 heterocycles. The van der Waals surface area contributed by atoms with E-state index in [-0.39, 0.29) is 17.9 Å². The molecule has 3 aliphatic rings. The largest absolute Gasteiger partial charge is 0.393 e. The van der Waals surface area contributed by atoms with E-state index >= 15 is 0 Å². The van der Waals surface area contributed by atoms with Crippen molar-refractivity contribution in [2.24, 2.45) is 5.92 Å². The highest BCUT2D eigenvalue weighted by atomic mass is 16.3. The van der Waals surface area contributed by atoms with E-state index in [0.29, 0.717) is 0 Å². The number of aliphatic hydroxyl groups is 1. The number of amides is 1. The fraction of sp³-hybridized carbons (Fsp3) is 0.700. The summed E-state index contributed by atoms with van der Waals surface area (Å²) in [6.45, 7) is 22.4. The zero-order valence-electron chi connectivity index (χ0n) is 23.5. The number of carbonyl (C=O) groups excluding carboxylic acids is 1. The van der Waals surface area contributed by atoms with Crippen molar-refractivity contribution in [2.75, 3.05) is 13.1 Å². The van der Waals surface area contributed by atoms with Gasteiger partial charge in [-0.3, -0.25) is 4.79 Å². The smallest absolute Gasteiger partial charge is 0.231 e. The van der Waals surface area contributed by atoms with E-state index < -0.39 is 0 Å². The number of aliphatic hydroxyl groups excluding tert-OH is 1. The van der Waals surface area contributed by atoms with Gasteiger partial charge in [-0.15, -0.1) is 0 Å². The van der Waals surface area contributed by atoms with Crippen molar-refractivity contribution in [2.45, 2.75) is 118 Å². The average molecular weight is 475 g/mol. The summed E-state index contributed by atoms with van der Waals surface area (Å²) in [5, 5.41) is 12.2. The summed E-state index contributed by atoms with van der Waals surface area (Å²) in [5.74, 6) is 1.07. The number of nitrogens with one attached hydrogen (secondary N) is 1. The Kier molecular flexibility index (Phi) is 17.7. The summed E-state index contributed by atoms with van der Waals surface area (Å²) in [5.41, 5.74) is 3.16. The van der Waals surface area contributed by atoms with Gasteiger partial charge in [0, 0.05) is 24.8 Å². The average Bonchev–Trinajstić information content (AvgIpc) is 2.85. The normalized spacial score (nSPS) is 24.2. The molecule has 1 amide bonds. The Balaban J connectivity index is 0.000000529. The Morgan fingerprint density at radius 2 is 1.50 bits per heavy atom. The maximum absolute atomic E-state index is 11.7. The Hall–Kier alpha value is -1.65. The maximum Gasteiger partial charge on any atom is 0.231 e. The highest BCUT2D eigenvalue weighted by molar-refractivity contribution is 5.86. The summed E-state index contributed by atoms with van der Waals surface area (Å²) in [7, 11) is 0. The molecule has 2 N–H and O–H groups in total. The molecule has 1 saturated carbocycles. The lowest BCUT2D eigenvalue weighted by Gasteiger charge is -2.45. The van der Waals surface area contributed by atoms with E-state index in [0.717, 1.165) is 62.0 Å². The molecule has 0 aromatic heterocycles. The molecule has 196 valence electrons. The minimum Gasteiger partial charge on any atom is -0.393 e. The second-order valence-electron chi connectivity index (χ2n) is 8.76. The van der Waals surface area contributed by atoms with Crippen LogP contribution in [0.5, 0.6) is 0 Å². The van der Waals surface area contributed by atoms with Gasteiger partial charge in [-0.1, -0.05) is 91.3 Å². The zero-order chi connectivity index (χ0) is 26.1. The molecule has 1 atom stereocenters. The third kappa shape index (κ3) is 10.7. The molecule has 4 rings (SSSR count). The van der Waals surface area contributed by atoms with Gasteiger partial charge in [0.2, 0.25) is 5.91 Å². The number of piperidine rings is 2. The van der Waals surface area contributed by atoms with Gasteiger partial charge in [-0.25, -0.2) is 0 Å². The fourth-order valence-corrected chi connectivity index (χ4v) is 4.47. The predicted molar refractivity (Wildman–Crippen MR) is 148 cm³/mol. The first-order chi connectivity index (χ1) is 16.5. The van der Waals surface area contributed by atoms with Gasteiger partial charge in [-0.2, -0.15) is 0 Å². The Bertz CT molecular complexity index is 657. The molecule has 4 heteroatoms. The molecule has 2 aliphatic heterocycles. The maximum atomic E-state index is 11.7. The molecule has 2 saturated heterocycles. The molecule has 0 spiro atoms. The van der Waals surface area contributed by atoms with Crippen molar-refractivity contribution in [3.05, 3.63) is 47.7 Å². The van der Waals surface area contributed by atoms with E-state index in [1.54, 1.807) is 0 Å². The number of likely N-dealkylation sites (tertiary alicyclic amines) is 1. The second-order valence-corrected chi connectivity index (χ2v) is 8.76. The number of rotatable bonds is 3. The van der Waals surface area contributed by atoms with Gasteiger partial charge in [-0.05, 0) is 56.9 Å². The molecular weight excluding hydrogens is 420 g/mol. The van der Waals surface area contributed by atoms with E-state index in [9.17, 15) is 9.90 Å². The number of allylic oxidation sites excluding steroid dienone is 1. The Morgan fingerprint density at radius 3 is 1.97 bits per heavy atom. The summed E-state index contributed by atoms with van der Waals surface area (Å²) in [4.78, 5) is 14.3. The highest BCUT2D eigenvalue weighted by Crippen LogP contribution is 2.35. The van der Waals surface area contributed by atoms with Crippen LogP contribution in [0.3, 0.4) is 0 Å². The highest BCUT2D eigenvalue weighted by Gasteiger charge is 2.33. The van der Waals surface area contributed by atoms with E-state index in [1.807, 2.05) is 72.7 Å². The standard InChI is InChI=1S/C13H15NO.C11H21NO.3C2H6/c1-9-3-6-11(7-4-9)12-8-5-10(2)14-13(12)15;1-2-9-7-10(8-9)12-5-3-11(13)4-6-12;3*1-2/h3-4,6-7,12H,2,5,8H2,1H3,(H,14,15);9-11,13H,2-8H2,1H3;3*1-2H3. The quantitative estimate of drug-likeness (QED) is 0.486. The number of nitrogens with zero attached hydrogens (tertiary/aromatic N) is 1. The van der Waals surface area contributed by atoms with Crippen LogP contribution in [-0.4, -0.2) is 41.1 Å². The van der Waals surface area contributed by atoms with Crippen molar-refractivity contribution in [3.63, 3.8) is 0 Å². The summed E-state index contributed by atoms with van der Waals surface area (Å²) >= 11 is 0. The van der Waals surface area contributed by atoms with Crippen LogP contribution in [0.1, 0.15) is 110 Å². The van der Waals surface area contributed by atoms with E-state index in [4.69, 9.17) is 0 Å². The SMILES string of the molecule is C=C1CCC(c2ccc(C)cc2)C(=O)N1.CC.CC.CC.CCC1CC(N2CCC(O)CC2)C1. The van der Waals surface area contributed by atoms with E-state index in [1.165, 1.54) is 24.8 Å². The van der Waals surface area contributed by atoms with Crippen LogP contribution in [0.25, 0.3) is 0 Å². The first-order valence-corrected chi connectivity index (χ1v) is 13.9. The van der Waals surface area contributed by atoms with Crippen molar-refractivity contribution in [1.82, 2.24) is 10.2 Å². The molecule has 4 nitrogen and oxygen atoms in total. The lowest BCUT2D eigenvalue weighted by atomic mass is 9.77. The van der Waals surface area contributed by atoms with Gasteiger partial charge >= 0.3 is 0 Å². The van der Waals surface area contributed by atoms with Crippen molar-refractivity contribution in [1.29, 1.82) is 0 Å². The van der Waals surface area contributed by atoms with Crippen LogP contribution in [0.2, 0.25) is 0 Å². The first-order valence-electron chi connectivity index (χ1n) is 13.9. The van der Waals surface area contributed by atoms with Crippen LogP contribution in [0.4, 0.5) is 0 Å². The predicted octanol–water partition coefficient (Wildman–Crippen LogP) is 7.21.